The summed E-state index contributed by atoms with van der Waals surface area (Å²) < 4.78 is 24.5. The smallest absolute Gasteiger partial charge is 0.343 e. The van der Waals surface area contributed by atoms with E-state index in [2.05, 4.69) is 10.1 Å². The van der Waals surface area contributed by atoms with Gasteiger partial charge in [-0.1, -0.05) is 11.2 Å². The number of ether oxygens (including phenoxy) is 1. The Hall–Kier alpha value is -2.97. The predicted molar refractivity (Wildman–Crippen MR) is 81.8 cm³/mol. The summed E-state index contributed by atoms with van der Waals surface area (Å²) >= 11 is 0. The molecule has 0 saturated carbocycles. The zero-order valence-corrected chi connectivity index (χ0v) is 13.4. The second-order valence-electron chi connectivity index (χ2n) is 5.79. The van der Waals surface area contributed by atoms with Gasteiger partial charge in [-0.3, -0.25) is 4.79 Å². The number of carbonyl (C=O) groups is 2. The Bertz CT molecular complexity index is 809. The number of amides is 1. The lowest BCUT2D eigenvalue weighted by Gasteiger charge is -2.18. The maximum atomic E-state index is 14.1. The molecule has 0 spiro atoms. The summed E-state index contributed by atoms with van der Waals surface area (Å²) in [5.41, 5.74) is -2.10. The Morgan fingerprint density at radius 1 is 1.48 bits per heavy atom. The SMILES string of the molecule is Cc1nc(COc2cccc(C(=O)N3CCC(F)(C(=O)O)C3)c2)no1. The predicted octanol–water partition coefficient (Wildman–Crippen LogP) is 1.60. The highest BCUT2D eigenvalue weighted by Gasteiger charge is 2.47. The van der Waals surface area contributed by atoms with E-state index in [1.54, 1.807) is 25.1 Å². The molecule has 1 saturated heterocycles. The van der Waals surface area contributed by atoms with Crippen LogP contribution in [-0.4, -0.2) is 50.8 Å². The largest absolute Gasteiger partial charge is 0.485 e. The highest BCUT2D eigenvalue weighted by atomic mass is 19.1. The molecule has 1 aromatic heterocycles. The second-order valence-corrected chi connectivity index (χ2v) is 5.79. The third-order valence-electron chi connectivity index (χ3n) is 3.91. The lowest BCUT2D eigenvalue weighted by Crippen LogP contribution is -2.38. The number of hydrogen-bond donors (Lipinski definition) is 1. The van der Waals surface area contributed by atoms with E-state index in [1.807, 2.05) is 0 Å². The molecule has 9 heteroatoms. The number of likely N-dealkylation sites (tertiary alicyclic amines) is 1. The van der Waals surface area contributed by atoms with Gasteiger partial charge in [0.25, 0.3) is 5.91 Å². The van der Waals surface area contributed by atoms with Crippen molar-refractivity contribution in [3.8, 4) is 5.75 Å². The van der Waals surface area contributed by atoms with Crippen LogP contribution >= 0.6 is 0 Å². The van der Waals surface area contributed by atoms with Gasteiger partial charge in [0.05, 0.1) is 6.54 Å². The number of halogens is 1. The number of hydrogen-bond acceptors (Lipinski definition) is 6. The molecule has 1 atom stereocenters. The van der Waals surface area contributed by atoms with Crippen molar-refractivity contribution in [3.63, 3.8) is 0 Å². The number of carboxylic acid groups (broad SMARTS) is 1. The molecule has 3 rings (SSSR count). The molecule has 1 aliphatic rings. The minimum absolute atomic E-state index is 0.0505. The van der Waals surface area contributed by atoms with E-state index in [9.17, 15) is 14.0 Å². The van der Waals surface area contributed by atoms with Gasteiger partial charge in [0.1, 0.15) is 5.75 Å². The summed E-state index contributed by atoms with van der Waals surface area (Å²) in [5, 5.41) is 12.6. The number of alkyl halides is 1. The molecule has 1 fully saturated rings. The standard InChI is InChI=1S/C16H16FN3O5/c1-10-18-13(19-25-10)8-24-12-4-2-3-11(7-12)14(21)20-6-5-16(17,9-20)15(22)23/h2-4,7H,5-6,8-9H2,1H3,(H,22,23). The molecule has 0 aliphatic carbocycles. The molecule has 1 aliphatic heterocycles. The number of rotatable bonds is 5. The van der Waals surface area contributed by atoms with E-state index < -0.39 is 24.1 Å². The van der Waals surface area contributed by atoms with Gasteiger partial charge in [-0.05, 0) is 18.2 Å². The quantitative estimate of drug-likeness (QED) is 0.874. The highest BCUT2D eigenvalue weighted by Crippen LogP contribution is 2.27. The molecule has 132 valence electrons. The molecule has 2 aromatic rings. The third kappa shape index (κ3) is 3.59. The Kier molecular flexibility index (Phi) is 4.39. The van der Waals surface area contributed by atoms with Crippen LogP contribution in [0.2, 0.25) is 0 Å². The van der Waals surface area contributed by atoms with Crippen LogP contribution in [0.3, 0.4) is 0 Å². The van der Waals surface area contributed by atoms with Gasteiger partial charge in [0.15, 0.2) is 6.61 Å². The van der Waals surface area contributed by atoms with Crippen molar-refractivity contribution in [1.82, 2.24) is 15.0 Å². The molecule has 1 N–H and O–H groups in total. The summed E-state index contributed by atoms with van der Waals surface area (Å²) in [6.07, 6.45) is -0.221. The Morgan fingerprint density at radius 2 is 2.28 bits per heavy atom. The lowest BCUT2D eigenvalue weighted by molar-refractivity contribution is -0.149. The van der Waals surface area contributed by atoms with Crippen LogP contribution in [0.15, 0.2) is 28.8 Å². The Balaban J connectivity index is 1.67. The van der Waals surface area contributed by atoms with E-state index >= 15 is 0 Å². The molecule has 1 unspecified atom stereocenters. The summed E-state index contributed by atoms with van der Waals surface area (Å²) in [6.45, 7) is 1.32. The van der Waals surface area contributed by atoms with Crippen molar-refractivity contribution in [3.05, 3.63) is 41.5 Å². The first-order valence-corrected chi connectivity index (χ1v) is 7.61. The second kappa shape index (κ2) is 6.50. The number of benzene rings is 1. The first kappa shape index (κ1) is 16.9. The van der Waals surface area contributed by atoms with Crippen molar-refractivity contribution < 1.29 is 28.3 Å². The lowest BCUT2D eigenvalue weighted by atomic mass is 10.1. The van der Waals surface area contributed by atoms with Gasteiger partial charge in [-0.25, -0.2) is 9.18 Å². The summed E-state index contributed by atoms with van der Waals surface area (Å²) in [4.78, 5) is 28.6. The normalized spacial score (nSPS) is 19.8. The highest BCUT2D eigenvalue weighted by molar-refractivity contribution is 5.95. The van der Waals surface area contributed by atoms with E-state index in [1.165, 1.54) is 11.0 Å². The molecule has 2 heterocycles. The monoisotopic (exact) mass is 349 g/mol. The van der Waals surface area contributed by atoms with Crippen LogP contribution < -0.4 is 4.74 Å². The topological polar surface area (TPSA) is 106 Å². The number of aliphatic carboxylic acids is 1. The van der Waals surface area contributed by atoms with Crippen LogP contribution in [-0.2, 0) is 11.4 Å². The first-order valence-electron chi connectivity index (χ1n) is 7.61. The Morgan fingerprint density at radius 3 is 2.92 bits per heavy atom. The van der Waals surface area contributed by atoms with Gasteiger partial charge >= 0.3 is 5.97 Å². The van der Waals surface area contributed by atoms with Crippen molar-refractivity contribution in [2.24, 2.45) is 0 Å². The zero-order chi connectivity index (χ0) is 18.0. The number of aromatic nitrogens is 2. The average molecular weight is 349 g/mol. The van der Waals surface area contributed by atoms with E-state index in [4.69, 9.17) is 14.4 Å². The molecule has 1 amide bonds. The van der Waals surface area contributed by atoms with Crippen molar-refractivity contribution >= 4 is 11.9 Å². The summed E-state index contributed by atoms with van der Waals surface area (Å²) in [5.74, 6) is -0.781. The minimum Gasteiger partial charge on any atom is -0.485 e. The third-order valence-corrected chi connectivity index (χ3v) is 3.91. The summed E-state index contributed by atoms with van der Waals surface area (Å²) in [6, 6.07) is 6.35. The maximum absolute atomic E-state index is 14.1. The van der Waals surface area contributed by atoms with Gasteiger partial charge in [-0.2, -0.15) is 4.98 Å². The van der Waals surface area contributed by atoms with E-state index in [0.29, 0.717) is 17.5 Å². The zero-order valence-electron chi connectivity index (χ0n) is 13.4. The van der Waals surface area contributed by atoms with Crippen LogP contribution in [0.4, 0.5) is 4.39 Å². The molecule has 0 radical (unpaired) electrons. The minimum atomic E-state index is -2.39. The van der Waals surface area contributed by atoms with Gasteiger partial charge in [0, 0.05) is 25.5 Å². The number of aryl methyl sites for hydroxylation is 1. The van der Waals surface area contributed by atoms with Crippen LogP contribution in [0.25, 0.3) is 0 Å². The number of carboxylic acids is 1. The van der Waals surface area contributed by atoms with E-state index in [0.717, 1.165) is 0 Å². The van der Waals surface area contributed by atoms with Crippen molar-refractivity contribution in [2.75, 3.05) is 13.1 Å². The molecule has 1 aromatic carbocycles. The van der Waals surface area contributed by atoms with Crippen LogP contribution in [0.5, 0.6) is 5.75 Å². The molecular formula is C16H16FN3O5. The number of nitrogens with zero attached hydrogens (tertiary/aromatic N) is 3. The van der Waals surface area contributed by atoms with E-state index in [-0.39, 0.29) is 25.1 Å². The number of carbonyl (C=O) groups excluding carboxylic acids is 1. The fraction of sp³-hybridized carbons (Fsp3) is 0.375. The van der Waals surface area contributed by atoms with Crippen molar-refractivity contribution in [2.45, 2.75) is 25.6 Å². The first-order chi connectivity index (χ1) is 11.9. The van der Waals surface area contributed by atoms with Crippen LogP contribution in [0.1, 0.15) is 28.5 Å². The fourth-order valence-electron chi connectivity index (χ4n) is 2.57. The van der Waals surface area contributed by atoms with Gasteiger partial charge in [-0.15, -0.1) is 0 Å². The molecule has 8 nitrogen and oxygen atoms in total. The fourth-order valence-corrected chi connectivity index (χ4v) is 2.57. The van der Waals surface area contributed by atoms with Crippen LogP contribution in [0, 0.1) is 6.92 Å². The Labute approximate surface area is 142 Å². The summed E-state index contributed by atoms with van der Waals surface area (Å²) in [7, 11) is 0. The molecule has 0 bridgehead atoms. The van der Waals surface area contributed by atoms with Crippen molar-refractivity contribution in [1.29, 1.82) is 0 Å². The van der Waals surface area contributed by atoms with Gasteiger partial charge in [0.2, 0.25) is 17.4 Å². The molecule has 25 heavy (non-hydrogen) atoms. The van der Waals surface area contributed by atoms with Gasteiger partial charge < -0.3 is 19.3 Å². The average Bonchev–Trinajstić information content (AvgIpc) is 3.19. The maximum Gasteiger partial charge on any atom is 0.343 e. The molecular weight excluding hydrogens is 333 g/mol.